The van der Waals surface area contributed by atoms with E-state index in [1.54, 1.807) is 19.2 Å². The van der Waals surface area contributed by atoms with Gasteiger partial charge in [-0.2, -0.15) is 0 Å². The van der Waals surface area contributed by atoms with Crippen molar-refractivity contribution >= 4 is 35.9 Å². The molecule has 1 aromatic carbocycles. The first-order valence-corrected chi connectivity index (χ1v) is 7.33. The van der Waals surface area contributed by atoms with Gasteiger partial charge >= 0.3 is 5.97 Å². The number of nitrogens with zero attached hydrogens (tertiary/aromatic N) is 1. The number of nitrogens with one attached hydrogen (secondary N) is 2. The lowest BCUT2D eigenvalue weighted by Gasteiger charge is -2.11. The normalized spacial score (nSPS) is 10.6. The predicted molar refractivity (Wildman–Crippen MR) is 101 cm³/mol. The summed E-state index contributed by atoms with van der Waals surface area (Å²) in [6.07, 6.45) is 3.17. The molecule has 0 unspecified atom stereocenters. The molecule has 0 aromatic heterocycles. The van der Waals surface area contributed by atoms with E-state index in [-0.39, 0.29) is 29.9 Å². The van der Waals surface area contributed by atoms with Crippen LogP contribution in [0.4, 0.5) is 0 Å². The summed E-state index contributed by atoms with van der Waals surface area (Å²) in [5.74, 6) is 0.523. The lowest BCUT2D eigenvalue weighted by molar-refractivity contribution is 0.0600. The highest BCUT2D eigenvalue weighted by atomic mass is 127. The minimum atomic E-state index is -0.305. The zero-order chi connectivity index (χ0) is 15.5. The minimum Gasteiger partial charge on any atom is -0.465 e. The first-order valence-electron chi connectivity index (χ1n) is 7.33. The fourth-order valence-corrected chi connectivity index (χ4v) is 1.85. The van der Waals surface area contributed by atoms with Crippen LogP contribution in [0.25, 0.3) is 0 Å². The molecule has 124 valence electrons. The zero-order valence-corrected chi connectivity index (χ0v) is 15.8. The SMILES string of the molecule is CCCCNC(=NC)NCCc1ccc(C(=O)OC)cc1.I. The van der Waals surface area contributed by atoms with Crippen molar-refractivity contribution in [2.24, 2.45) is 4.99 Å². The molecule has 0 aliphatic heterocycles. The van der Waals surface area contributed by atoms with Crippen LogP contribution in [0.1, 0.15) is 35.7 Å². The highest BCUT2D eigenvalue weighted by Crippen LogP contribution is 2.06. The Kier molecular flexibility index (Phi) is 11.5. The van der Waals surface area contributed by atoms with E-state index in [1.165, 1.54) is 12.7 Å². The molecule has 0 bridgehead atoms. The van der Waals surface area contributed by atoms with Crippen LogP contribution in [-0.2, 0) is 11.2 Å². The molecular formula is C16H26IN3O2. The highest BCUT2D eigenvalue weighted by molar-refractivity contribution is 14.0. The number of unbranched alkanes of at least 4 members (excludes halogenated alkanes) is 1. The summed E-state index contributed by atoms with van der Waals surface area (Å²) in [5, 5.41) is 6.54. The summed E-state index contributed by atoms with van der Waals surface area (Å²) in [7, 11) is 3.16. The van der Waals surface area contributed by atoms with Gasteiger partial charge in [-0.15, -0.1) is 24.0 Å². The van der Waals surface area contributed by atoms with Crippen molar-refractivity contribution in [3.63, 3.8) is 0 Å². The standard InChI is InChI=1S/C16H25N3O2.HI/c1-4-5-11-18-16(17-2)19-12-10-13-6-8-14(9-7-13)15(20)21-3;/h6-9H,4-5,10-12H2,1-3H3,(H2,17,18,19);1H. The maximum absolute atomic E-state index is 11.3. The Hall–Kier alpha value is -1.31. The summed E-state index contributed by atoms with van der Waals surface area (Å²) in [6.45, 7) is 3.89. The number of aliphatic imine (C=N–C) groups is 1. The topological polar surface area (TPSA) is 62.7 Å². The summed E-state index contributed by atoms with van der Waals surface area (Å²) >= 11 is 0. The smallest absolute Gasteiger partial charge is 0.337 e. The Morgan fingerprint density at radius 3 is 2.36 bits per heavy atom. The number of esters is 1. The van der Waals surface area contributed by atoms with Gasteiger partial charge in [0, 0.05) is 20.1 Å². The number of carbonyl (C=O) groups excluding carboxylic acids is 1. The number of hydrogen-bond acceptors (Lipinski definition) is 3. The molecule has 1 aromatic rings. The summed E-state index contributed by atoms with van der Waals surface area (Å²) < 4.78 is 4.67. The Morgan fingerprint density at radius 1 is 1.18 bits per heavy atom. The fraction of sp³-hybridized carbons (Fsp3) is 0.500. The number of hydrogen-bond donors (Lipinski definition) is 2. The van der Waals surface area contributed by atoms with E-state index in [0.717, 1.165) is 38.3 Å². The second-order valence-electron chi connectivity index (χ2n) is 4.72. The average Bonchev–Trinajstić information content (AvgIpc) is 2.53. The van der Waals surface area contributed by atoms with Crippen LogP contribution in [0.5, 0.6) is 0 Å². The zero-order valence-electron chi connectivity index (χ0n) is 13.5. The number of carbonyl (C=O) groups is 1. The number of methoxy groups -OCH3 is 1. The predicted octanol–water partition coefficient (Wildman–Crippen LogP) is 2.60. The van der Waals surface area contributed by atoms with Gasteiger partial charge in [0.15, 0.2) is 5.96 Å². The fourth-order valence-electron chi connectivity index (χ4n) is 1.85. The lowest BCUT2D eigenvalue weighted by Crippen LogP contribution is -2.38. The van der Waals surface area contributed by atoms with Crippen LogP contribution in [0.2, 0.25) is 0 Å². The number of rotatable bonds is 7. The van der Waals surface area contributed by atoms with E-state index in [9.17, 15) is 4.79 Å². The summed E-state index contributed by atoms with van der Waals surface area (Å²) in [6, 6.07) is 7.47. The number of guanidine groups is 1. The van der Waals surface area contributed by atoms with Crippen LogP contribution in [0.3, 0.4) is 0 Å². The van der Waals surface area contributed by atoms with Gasteiger partial charge in [0.05, 0.1) is 12.7 Å². The summed E-state index contributed by atoms with van der Waals surface area (Å²) in [4.78, 5) is 15.5. The van der Waals surface area contributed by atoms with E-state index in [4.69, 9.17) is 0 Å². The van der Waals surface area contributed by atoms with Gasteiger partial charge in [-0.3, -0.25) is 4.99 Å². The molecular weight excluding hydrogens is 393 g/mol. The molecule has 0 heterocycles. The quantitative estimate of drug-likeness (QED) is 0.235. The third kappa shape index (κ3) is 7.63. The van der Waals surface area contributed by atoms with Crippen LogP contribution < -0.4 is 10.6 Å². The van der Waals surface area contributed by atoms with Crippen LogP contribution in [0, 0.1) is 0 Å². The van der Waals surface area contributed by atoms with Gasteiger partial charge in [-0.05, 0) is 30.5 Å². The number of benzene rings is 1. The Balaban J connectivity index is 0.00000441. The highest BCUT2D eigenvalue weighted by Gasteiger charge is 2.04. The molecule has 0 amide bonds. The van der Waals surface area contributed by atoms with E-state index in [2.05, 4.69) is 27.3 Å². The first-order chi connectivity index (χ1) is 10.2. The number of ether oxygens (including phenoxy) is 1. The third-order valence-corrected chi connectivity index (χ3v) is 3.13. The molecule has 0 radical (unpaired) electrons. The first kappa shape index (κ1) is 20.7. The van der Waals surface area contributed by atoms with E-state index in [1.807, 2.05) is 12.1 Å². The molecule has 6 heteroatoms. The van der Waals surface area contributed by atoms with Crippen molar-refractivity contribution in [1.82, 2.24) is 10.6 Å². The largest absolute Gasteiger partial charge is 0.465 e. The van der Waals surface area contributed by atoms with Crippen LogP contribution in [-0.4, -0.2) is 39.2 Å². The molecule has 1 rings (SSSR count). The molecule has 0 spiro atoms. The van der Waals surface area contributed by atoms with Crippen molar-refractivity contribution < 1.29 is 9.53 Å². The number of halogens is 1. The second kappa shape index (κ2) is 12.3. The molecule has 2 N–H and O–H groups in total. The van der Waals surface area contributed by atoms with Crippen molar-refractivity contribution in [3.05, 3.63) is 35.4 Å². The van der Waals surface area contributed by atoms with Gasteiger partial charge in [0.25, 0.3) is 0 Å². The maximum atomic E-state index is 11.3. The van der Waals surface area contributed by atoms with E-state index < -0.39 is 0 Å². The summed E-state index contributed by atoms with van der Waals surface area (Å²) in [5.41, 5.74) is 1.74. The van der Waals surface area contributed by atoms with Gasteiger partial charge < -0.3 is 15.4 Å². The minimum absolute atomic E-state index is 0. The Labute approximate surface area is 149 Å². The third-order valence-electron chi connectivity index (χ3n) is 3.13. The Bertz CT molecular complexity index is 461. The van der Waals surface area contributed by atoms with Crippen molar-refractivity contribution in [3.8, 4) is 0 Å². The molecule has 0 saturated carbocycles. The maximum Gasteiger partial charge on any atom is 0.337 e. The van der Waals surface area contributed by atoms with E-state index >= 15 is 0 Å². The molecule has 5 nitrogen and oxygen atoms in total. The molecule has 0 aliphatic rings. The van der Waals surface area contributed by atoms with Crippen LogP contribution >= 0.6 is 24.0 Å². The van der Waals surface area contributed by atoms with Crippen molar-refractivity contribution in [2.45, 2.75) is 26.2 Å². The van der Waals surface area contributed by atoms with Gasteiger partial charge in [0.2, 0.25) is 0 Å². The lowest BCUT2D eigenvalue weighted by atomic mass is 10.1. The van der Waals surface area contributed by atoms with Gasteiger partial charge in [0.1, 0.15) is 0 Å². The molecule has 0 fully saturated rings. The molecule has 0 aliphatic carbocycles. The van der Waals surface area contributed by atoms with Crippen LogP contribution in [0.15, 0.2) is 29.3 Å². The molecule has 22 heavy (non-hydrogen) atoms. The Morgan fingerprint density at radius 2 is 1.82 bits per heavy atom. The van der Waals surface area contributed by atoms with E-state index in [0.29, 0.717) is 5.56 Å². The molecule has 0 atom stereocenters. The van der Waals surface area contributed by atoms with Crippen molar-refractivity contribution in [2.75, 3.05) is 27.2 Å². The van der Waals surface area contributed by atoms with Crippen molar-refractivity contribution in [1.29, 1.82) is 0 Å². The van der Waals surface area contributed by atoms with Gasteiger partial charge in [-0.25, -0.2) is 4.79 Å². The second-order valence-corrected chi connectivity index (χ2v) is 4.72. The van der Waals surface area contributed by atoms with Gasteiger partial charge in [-0.1, -0.05) is 25.5 Å². The molecule has 0 saturated heterocycles. The average molecular weight is 419 g/mol. The monoisotopic (exact) mass is 419 g/mol.